The zero-order chi connectivity index (χ0) is 18.2. The molecule has 1 aromatic carbocycles. The van der Waals surface area contributed by atoms with Gasteiger partial charge in [-0.25, -0.2) is 9.48 Å². The van der Waals surface area contributed by atoms with Gasteiger partial charge in [0.15, 0.2) is 0 Å². The van der Waals surface area contributed by atoms with Crippen LogP contribution in [0.15, 0.2) is 30.3 Å². The summed E-state index contributed by atoms with van der Waals surface area (Å²) in [7, 11) is 0. The third-order valence-electron chi connectivity index (χ3n) is 3.45. The lowest BCUT2D eigenvalue weighted by Crippen LogP contribution is -2.02. The molecule has 0 aliphatic carbocycles. The molecule has 2 rings (SSSR count). The second-order valence-electron chi connectivity index (χ2n) is 5.30. The first-order valence-corrected chi connectivity index (χ1v) is 8.46. The van der Waals surface area contributed by atoms with E-state index in [1.807, 2.05) is 37.3 Å². The fraction of sp³-hybridized carbons (Fsp3) is 0.278. The topological polar surface area (TPSA) is 67.9 Å². The summed E-state index contributed by atoms with van der Waals surface area (Å²) in [6.07, 6.45) is 3.77. The molecule has 5 nitrogen and oxygen atoms in total. The molecule has 0 saturated heterocycles. The van der Waals surface area contributed by atoms with Crippen LogP contribution in [0.4, 0.5) is 0 Å². The minimum atomic E-state index is -0.479. The van der Waals surface area contributed by atoms with E-state index in [-0.39, 0.29) is 6.61 Å². The van der Waals surface area contributed by atoms with Gasteiger partial charge in [0.05, 0.1) is 24.9 Å². The van der Waals surface area contributed by atoms with Crippen LogP contribution < -0.4 is 0 Å². The first-order valence-electron chi connectivity index (χ1n) is 7.71. The molecular weight excluding hydrogens is 361 g/mol. The second-order valence-corrected chi connectivity index (χ2v) is 6.07. The molecule has 7 heteroatoms. The molecule has 0 atom stereocenters. The molecular formula is C18H17Cl2N3O2. The Balaban J connectivity index is 2.06. The molecule has 0 spiro atoms. The lowest BCUT2D eigenvalue weighted by atomic mass is 10.2. The van der Waals surface area contributed by atoms with E-state index in [1.54, 1.807) is 10.8 Å². The lowest BCUT2D eigenvalue weighted by Gasteiger charge is -2.05. The monoisotopic (exact) mass is 377 g/mol. The molecule has 0 bridgehead atoms. The van der Waals surface area contributed by atoms with Crippen LogP contribution in [0.5, 0.6) is 0 Å². The molecule has 0 aliphatic rings. The number of unbranched alkanes of at least 4 members (excludes halogenated alkanes) is 1. The van der Waals surface area contributed by atoms with Crippen molar-refractivity contribution in [1.82, 2.24) is 9.78 Å². The maximum atomic E-state index is 11.7. The average Bonchev–Trinajstić information content (AvgIpc) is 2.85. The van der Waals surface area contributed by atoms with Gasteiger partial charge in [0.25, 0.3) is 0 Å². The summed E-state index contributed by atoms with van der Waals surface area (Å²) < 4.78 is 6.63. The van der Waals surface area contributed by atoms with Crippen molar-refractivity contribution in [3.8, 4) is 6.07 Å². The van der Waals surface area contributed by atoms with E-state index in [2.05, 4.69) is 5.10 Å². The maximum Gasteiger partial charge on any atom is 0.330 e. The molecule has 25 heavy (non-hydrogen) atoms. The predicted molar refractivity (Wildman–Crippen MR) is 97.4 cm³/mol. The standard InChI is InChI=1S/C18H17Cl2N3O2/c1-13-15(8-9-17(24)25-11-5-4-10-21)18(20)23(22-13)12-14-6-2-3-7-16(14)19/h2-3,6-9H,4-5,11-12H2,1H3/b9-8+. The number of nitriles is 1. The fourth-order valence-corrected chi connectivity index (χ4v) is 2.67. The Kier molecular flexibility index (Phi) is 7.05. The number of carbonyl (C=O) groups excluding carboxylic acids is 1. The molecule has 0 radical (unpaired) electrons. The number of carbonyl (C=O) groups is 1. The summed E-state index contributed by atoms with van der Waals surface area (Å²) in [5.74, 6) is -0.479. The van der Waals surface area contributed by atoms with Crippen LogP contribution in [0, 0.1) is 18.3 Å². The molecule has 0 saturated carbocycles. The number of ether oxygens (including phenoxy) is 1. The minimum absolute atomic E-state index is 0.217. The van der Waals surface area contributed by atoms with Gasteiger partial charge in [0.2, 0.25) is 0 Å². The van der Waals surface area contributed by atoms with E-state index in [9.17, 15) is 4.79 Å². The van der Waals surface area contributed by atoms with Gasteiger partial charge in [-0.2, -0.15) is 10.4 Å². The number of esters is 1. The van der Waals surface area contributed by atoms with Gasteiger partial charge in [-0.3, -0.25) is 0 Å². The van der Waals surface area contributed by atoms with Crippen molar-refractivity contribution in [2.45, 2.75) is 26.3 Å². The van der Waals surface area contributed by atoms with Crippen molar-refractivity contribution in [3.63, 3.8) is 0 Å². The highest BCUT2D eigenvalue weighted by Gasteiger charge is 2.13. The Labute approximate surface area is 156 Å². The average molecular weight is 378 g/mol. The number of benzene rings is 1. The quantitative estimate of drug-likeness (QED) is 0.407. The summed E-state index contributed by atoms with van der Waals surface area (Å²) in [5, 5.41) is 13.9. The van der Waals surface area contributed by atoms with Crippen LogP contribution in [-0.4, -0.2) is 22.4 Å². The Hall–Kier alpha value is -2.29. The lowest BCUT2D eigenvalue weighted by molar-refractivity contribution is -0.137. The van der Waals surface area contributed by atoms with Gasteiger partial charge in [0, 0.05) is 23.1 Å². The third-order valence-corrected chi connectivity index (χ3v) is 4.22. The van der Waals surface area contributed by atoms with Crippen molar-refractivity contribution >= 4 is 35.2 Å². The van der Waals surface area contributed by atoms with Crippen molar-refractivity contribution < 1.29 is 9.53 Å². The summed E-state index contributed by atoms with van der Waals surface area (Å²) >= 11 is 12.5. The molecule has 0 unspecified atom stereocenters. The summed E-state index contributed by atoms with van der Waals surface area (Å²) in [5.41, 5.74) is 2.26. The number of nitrogens with zero attached hydrogens (tertiary/aromatic N) is 3. The zero-order valence-electron chi connectivity index (χ0n) is 13.7. The van der Waals surface area contributed by atoms with Gasteiger partial charge in [-0.05, 0) is 31.1 Å². The molecule has 2 aromatic rings. The molecule has 0 fully saturated rings. The van der Waals surface area contributed by atoms with Gasteiger partial charge < -0.3 is 4.74 Å². The molecule has 130 valence electrons. The van der Waals surface area contributed by atoms with Crippen molar-refractivity contribution in [2.75, 3.05) is 6.61 Å². The molecule has 0 aliphatic heterocycles. The van der Waals surface area contributed by atoms with E-state index in [1.165, 1.54) is 6.08 Å². The van der Waals surface area contributed by atoms with Gasteiger partial charge in [-0.1, -0.05) is 41.4 Å². The van der Waals surface area contributed by atoms with Crippen LogP contribution in [0.2, 0.25) is 10.2 Å². The molecule has 1 heterocycles. The normalized spacial score (nSPS) is 10.8. The largest absolute Gasteiger partial charge is 0.462 e. The van der Waals surface area contributed by atoms with Crippen LogP contribution in [-0.2, 0) is 16.1 Å². The summed E-state index contributed by atoms with van der Waals surface area (Å²) in [4.78, 5) is 11.7. The van der Waals surface area contributed by atoms with Gasteiger partial charge in [0.1, 0.15) is 5.15 Å². The number of aryl methyl sites for hydroxylation is 1. The number of halogens is 2. The van der Waals surface area contributed by atoms with Crippen molar-refractivity contribution in [2.24, 2.45) is 0 Å². The molecule has 0 N–H and O–H groups in total. The maximum absolute atomic E-state index is 11.7. The summed E-state index contributed by atoms with van der Waals surface area (Å²) in [6, 6.07) is 9.47. The molecule has 1 aromatic heterocycles. The van der Waals surface area contributed by atoms with E-state index < -0.39 is 5.97 Å². The van der Waals surface area contributed by atoms with Crippen molar-refractivity contribution in [1.29, 1.82) is 5.26 Å². The van der Waals surface area contributed by atoms with E-state index >= 15 is 0 Å². The van der Waals surface area contributed by atoms with Crippen LogP contribution in [0.3, 0.4) is 0 Å². The zero-order valence-corrected chi connectivity index (χ0v) is 15.2. The Morgan fingerprint density at radius 1 is 1.40 bits per heavy atom. The highest BCUT2D eigenvalue weighted by Crippen LogP contribution is 2.24. The number of aromatic nitrogens is 2. The highest BCUT2D eigenvalue weighted by molar-refractivity contribution is 6.32. The first-order chi connectivity index (χ1) is 12.0. The second kappa shape index (κ2) is 9.26. The number of hydrogen-bond donors (Lipinski definition) is 0. The van der Waals surface area contributed by atoms with Crippen molar-refractivity contribution in [3.05, 3.63) is 57.3 Å². The number of rotatable bonds is 7. The molecule has 0 amide bonds. The van der Waals surface area contributed by atoms with E-state index in [0.29, 0.717) is 40.8 Å². The van der Waals surface area contributed by atoms with Gasteiger partial charge >= 0.3 is 5.97 Å². The minimum Gasteiger partial charge on any atom is -0.462 e. The fourth-order valence-electron chi connectivity index (χ4n) is 2.17. The van der Waals surface area contributed by atoms with Crippen LogP contribution >= 0.6 is 23.2 Å². The smallest absolute Gasteiger partial charge is 0.330 e. The number of hydrogen-bond acceptors (Lipinski definition) is 4. The Bertz CT molecular complexity index is 822. The van der Waals surface area contributed by atoms with Crippen LogP contribution in [0.25, 0.3) is 6.08 Å². The Morgan fingerprint density at radius 2 is 2.16 bits per heavy atom. The Morgan fingerprint density at radius 3 is 2.88 bits per heavy atom. The highest BCUT2D eigenvalue weighted by atomic mass is 35.5. The SMILES string of the molecule is Cc1nn(Cc2ccccc2Cl)c(Cl)c1/C=C/C(=O)OCCCC#N. The van der Waals surface area contributed by atoms with E-state index in [4.69, 9.17) is 33.2 Å². The first kappa shape index (κ1) is 19.0. The van der Waals surface area contributed by atoms with Gasteiger partial charge in [-0.15, -0.1) is 0 Å². The third kappa shape index (κ3) is 5.35. The summed E-state index contributed by atoms with van der Waals surface area (Å²) in [6.45, 7) is 2.47. The predicted octanol–water partition coefficient (Wildman–Crippen LogP) is 4.41. The van der Waals surface area contributed by atoms with E-state index in [0.717, 1.165) is 5.56 Å². The van der Waals surface area contributed by atoms with Crippen LogP contribution in [0.1, 0.15) is 29.7 Å².